The van der Waals surface area contributed by atoms with Crippen molar-refractivity contribution in [1.29, 1.82) is 0 Å². The Kier molecular flexibility index (Phi) is 4650000. The average molecular weight is 1420 g/mol. The van der Waals surface area contributed by atoms with Gasteiger partial charge in [0, 0.05) is 6.08 Å². The molecule has 0 aromatic heterocycles. The third-order valence-corrected chi connectivity index (χ3v) is 0.309. The van der Waals surface area contributed by atoms with Crippen molar-refractivity contribution in [2.45, 2.75) is 64.3 Å². The Morgan fingerprint density at radius 1 is 0.643 bits per heavy atom. The van der Waals surface area contributed by atoms with Crippen LogP contribution in [-0.4, -0.2) is 16.2 Å². The van der Waals surface area contributed by atoms with Gasteiger partial charge in [-0.05, 0) is 0 Å². The molecule has 0 unspecified atom stereocenters. The van der Waals surface area contributed by atoms with Crippen molar-refractivity contribution in [3.8, 4) is 0 Å². The van der Waals surface area contributed by atoms with E-state index in [1.165, 1.54) is 0 Å². The van der Waals surface area contributed by atoms with Crippen LogP contribution in [0.25, 0.3) is 0 Å². The average Bonchev–Trinajstić information content (AvgIpc) is 2.66. The number of hydrogen-bond acceptors (Lipinski definition) is 4. The van der Waals surface area contributed by atoms with Crippen LogP contribution in [0.3, 0.4) is 0 Å². The zero-order valence-electron chi connectivity index (χ0n) is 17.0. The molecule has 0 aromatic carbocycles. The van der Waals surface area contributed by atoms with Gasteiger partial charge < -0.3 is 49.6 Å². The molecule has 0 saturated heterocycles. The van der Waals surface area contributed by atoms with Gasteiger partial charge in [0.2, 0.25) is 0 Å². The van der Waals surface area contributed by atoms with E-state index < -0.39 is 5.97 Å². The number of esters is 1. The van der Waals surface area contributed by atoms with Crippen LogP contribution < -0.4 is 0 Å². The topological polar surface area (TPSA) is 66.8 Å². The van der Waals surface area contributed by atoms with Gasteiger partial charge in [-0.25, -0.2) is 19.0 Å². The summed E-state index contributed by atoms with van der Waals surface area (Å²) in [5, 5.41) is 13.5. The first-order chi connectivity index (χ1) is 9.81. The molecule has 28 heavy (non-hydrogen) atoms. The molecule has 0 fully saturated rings. The maximum atomic E-state index is 9.78. The normalized spacial score (nSPS) is 2.96. The van der Waals surface area contributed by atoms with Gasteiger partial charge in [-0.1, -0.05) is 36.3 Å². The number of hydrogen-bond donors (Lipinski definition) is 2. The van der Waals surface area contributed by atoms with Crippen molar-refractivity contribution in [2.24, 2.45) is 0 Å². The summed E-state index contributed by atoms with van der Waals surface area (Å²) in [5.74, 6) is -0.505. The second-order valence-electron chi connectivity index (χ2n) is 0.667. The van der Waals surface area contributed by atoms with Crippen molar-refractivity contribution < 1.29 is 19.7 Å². The molecule has 2 N–H and O–H groups in total. The monoisotopic (exact) mass is 1420 g/mol. The number of carbonyl (C=O) groups is 1. The Balaban J connectivity index is -0.00000000426. The van der Waals surface area contributed by atoms with Gasteiger partial charge in [0.15, 0.2) is 0 Å². The second-order valence-corrected chi connectivity index (χ2v) is 0.667. The Bertz CT molecular complexity index is 92.6. The minimum absolute atomic E-state index is 0. The van der Waals surface area contributed by atoms with Gasteiger partial charge in [0.05, 0.1) is 0 Å². The van der Waals surface area contributed by atoms with Crippen LogP contribution >= 0.6 is 0 Å². The number of ether oxygens (including phenoxy) is 1. The first-order valence-electron chi connectivity index (χ1n) is 5.56. The molecular formula is C20H52O4Rf4-8. The predicted molar refractivity (Wildman–Crippen MR) is 118 cm³/mol. The van der Waals surface area contributed by atoms with Crippen molar-refractivity contribution in [3.63, 3.8) is 0 Å². The molecule has 0 heterocycles. The van der Waals surface area contributed by atoms with E-state index >= 15 is 0 Å². The summed E-state index contributed by atoms with van der Waals surface area (Å²) in [6, 6.07) is 0. The third kappa shape index (κ3) is 11300. The smallest absolute Gasteiger partial charge is 0.298 e. The van der Waals surface area contributed by atoms with E-state index in [0.29, 0.717) is 0 Å². The SMILES string of the molecule is C.C.C.C.C=CC(=O)O[CH2-].[CH2-]C.[CH2-]C.[CH2-]C.[CH2-]C.[CH2-]C.[CH2-]O.[CH2-]O.[Rf].[Rf].[Rf].[Rf]. The fourth-order valence-electron chi connectivity index (χ4n) is 0.0589. The van der Waals surface area contributed by atoms with E-state index in [1.54, 1.807) is 34.6 Å². The molecule has 172 valence electrons. The number of aliphatic hydroxyl groups excluding tert-OH is 2. The first kappa shape index (κ1) is 223. The van der Waals surface area contributed by atoms with Crippen molar-refractivity contribution in [3.05, 3.63) is 68.6 Å². The molecule has 0 aromatic rings. The van der Waals surface area contributed by atoms with E-state index in [-0.39, 0.29) is 29.7 Å². The van der Waals surface area contributed by atoms with E-state index in [2.05, 4.69) is 67.3 Å². The summed E-state index contributed by atoms with van der Waals surface area (Å²) < 4.78 is 3.89. The zero-order chi connectivity index (χ0) is 19.0. The van der Waals surface area contributed by atoms with Crippen LogP contribution in [0.1, 0.15) is 64.3 Å². The molecule has 0 saturated carbocycles. The van der Waals surface area contributed by atoms with Crippen molar-refractivity contribution in [1.82, 2.24) is 0 Å². The van der Waals surface area contributed by atoms with Gasteiger partial charge in [-0.15, -0.1) is 0 Å². The van der Waals surface area contributed by atoms with E-state index in [1.807, 2.05) is 0 Å². The molecule has 0 aliphatic carbocycles. The Hall–Kier alpha value is -4.87. The largest absolute Gasteiger partial charge is 0.637 e. The molecule has 0 radical (unpaired) electrons. The van der Waals surface area contributed by atoms with Crippen LogP contribution in [0, 0.1) is 55.9 Å². The number of carbonyl (C=O) groups excluding carboxylic acids is 1. The molecule has 0 amide bonds. The Labute approximate surface area is 159 Å². The van der Waals surface area contributed by atoms with E-state index in [4.69, 9.17) is 10.2 Å². The summed E-state index contributed by atoms with van der Waals surface area (Å²) in [6.07, 6.45) is 1.05. The van der Waals surface area contributed by atoms with Crippen LogP contribution in [-0.2, 0) is 9.53 Å². The van der Waals surface area contributed by atoms with Crippen LogP contribution in [0.15, 0.2) is 12.7 Å². The maximum absolute atomic E-state index is 9.78. The van der Waals surface area contributed by atoms with Crippen LogP contribution in [0.4, 0.5) is 0 Å². The minimum atomic E-state index is -0.505. The quantitative estimate of drug-likeness (QED) is 0.162. The third-order valence-electron chi connectivity index (χ3n) is 0.309. The summed E-state index contributed by atoms with van der Waals surface area (Å²) in [6.45, 7) is 28.1. The summed E-state index contributed by atoms with van der Waals surface area (Å²) in [5.41, 5.74) is 0. The molecule has 0 spiro atoms. The maximum Gasteiger partial charge on any atom is 0.298 e. The van der Waals surface area contributed by atoms with Crippen LogP contribution in [0.2, 0.25) is 0 Å². The zero-order valence-corrected chi connectivity index (χ0v) is 42.6. The summed E-state index contributed by atoms with van der Waals surface area (Å²) in [4.78, 5) is 9.78. The molecular weight excluding hydrogens is 1370 g/mol. The molecule has 8 heteroatoms. The van der Waals surface area contributed by atoms with Gasteiger partial charge in [-0.3, -0.25) is 0 Å². The molecule has 4 nitrogen and oxygen atoms in total. The summed E-state index contributed by atoms with van der Waals surface area (Å²) >= 11 is 0. The van der Waals surface area contributed by atoms with Crippen LogP contribution in [0.5, 0.6) is 0 Å². The first-order valence-corrected chi connectivity index (χ1v) is 5.56. The predicted octanol–water partition coefficient (Wildman–Crippen LogP) is 7.55. The number of rotatable bonds is 1. The Morgan fingerprint density at radius 2 is 0.750 bits per heavy atom. The number of aliphatic hydroxyl groups is 2. The van der Waals surface area contributed by atoms with Gasteiger partial charge in [0.1, 0.15) is 0 Å². The van der Waals surface area contributed by atoms with Gasteiger partial charge in [0.25, 0.3) is 5.97 Å². The molecule has 0 aliphatic rings. The van der Waals surface area contributed by atoms with Crippen molar-refractivity contribution in [2.75, 3.05) is 0 Å². The standard InChI is InChI=1S/C4H5O2.5C2H5.2CH3O.4CH4.4Rf/c1-3-4(5)6-2;7*1-2;;;;;;;;/h3H,1-2H2;5*1H2,2H3;2*2H,1H2;4*1H4;;;;/q8*-1;;;;;;;;. The molecule has 0 rings (SSSR count). The summed E-state index contributed by atoms with van der Waals surface area (Å²) in [7, 11) is 7.34. The molecule has 0 aliphatic heterocycles. The Morgan fingerprint density at radius 3 is 0.750 bits per heavy atom. The van der Waals surface area contributed by atoms with Gasteiger partial charge >= 0.3 is 0 Å². The fourth-order valence-corrected chi connectivity index (χ4v) is 0.0589. The van der Waals surface area contributed by atoms with Crippen molar-refractivity contribution >= 4 is 5.97 Å². The van der Waals surface area contributed by atoms with Gasteiger partial charge in [-0.2, -0.15) is 41.7 Å². The fraction of sp³-hybridized carbons (Fsp3) is 0.450. The molecule has 0 atom stereocenters. The second kappa shape index (κ2) is 585000. The molecule has 0 bridgehead atoms. The van der Waals surface area contributed by atoms with E-state index in [0.717, 1.165) is 6.08 Å². The minimum Gasteiger partial charge on any atom is -0.637 e. The van der Waals surface area contributed by atoms with E-state index in [9.17, 15) is 4.79 Å².